The highest BCUT2D eigenvalue weighted by molar-refractivity contribution is 6.05. The molecule has 0 aliphatic heterocycles. The first kappa shape index (κ1) is 9.60. The largest absolute Gasteiger partial charge is 0.219 e. The Kier molecular flexibility index (Phi) is 1.89. The summed E-state index contributed by atoms with van der Waals surface area (Å²) in [6.07, 6.45) is 2.12. The van der Waals surface area contributed by atoms with Crippen LogP contribution < -0.4 is 4.40 Å². The third kappa shape index (κ3) is 1.25. The van der Waals surface area contributed by atoms with Crippen molar-refractivity contribution in [1.82, 2.24) is 0 Å². The topological polar surface area (TPSA) is 4.10 Å². The summed E-state index contributed by atoms with van der Waals surface area (Å²) in [6, 6.07) is 23.6. The van der Waals surface area contributed by atoms with Gasteiger partial charge in [-0.05, 0) is 29.0 Å². The SMILES string of the molecule is c1ccc2c(c1)ccc1c2ccc2cccc[n+]21. The van der Waals surface area contributed by atoms with Gasteiger partial charge in [-0.3, -0.25) is 0 Å². The summed E-state index contributed by atoms with van der Waals surface area (Å²) in [6.45, 7) is 0. The molecule has 0 amide bonds. The van der Waals surface area contributed by atoms with Gasteiger partial charge >= 0.3 is 0 Å². The fourth-order valence-electron chi connectivity index (χ4n) is 2.65. The molecule has 0 saturated carbocycles. The lowest BCUT2D eigenvalue weighted by atomic mass is 10.0. The van der Waals surface area contributed by atoms with Gasteiger partial charge in [-0.1, -0.05) is 24.3 Å². The predicted molar refractivity (Wildman–Crippen MR) is 74.6 cm³/mol. The monoisotopic (exact) mass is 230 g/mol. The van der Waals surface area contributed by atoms with Crippen molar-refractivity contribution in [1.29, 1.82) is 0 Å². The predicted octanol–water partition coefficient (Wildman–Crippen LogP) is 3.73. The summed E-state index contributed by atoms with van der Waals surface area (Å²) in [5, 5.41) is 3.91. The molecule has 0 unspecified atom stereocenters. The van der Waals surface area contributed by atoms with Crippen LogP contribution in [0.5, 0.6) is 0 Å². The number of benzene rings is 2. The minimum absolute atomic E-state index is 1.22. The Balaban J connectivity index is 2.31. The number of hydrogen-bond acceptors (Lipinski definition) is 0. The van der Waals surface area contributed by atoms with Crippen molar-refractivity contribution in [3.8, 4) is 0 Å². The van der Waals surface area contributed by atoms with Gasteiger partial charge in [-0.2, -0.15) is 4.40 Å². The fourth-order valence-corrected chi connectivity index (χ4v) is 2.65. The molecule has 0 fully saturated rings. The molecule has 2 heterocycles. The molecule has 0 aliphatic rings. The zero-order valence-electron chi connectivity index (χ0n) is 9.88. The second kappa shape index (κ2) is 3.54. The Labute approximate surface area is 105 Å². The van der Waals surface area contributed by atoms with E-state index in [0.717, 1.165) is 0 Å². The third-order valence-corrected chi connectivity index (χ3v) is 3.52. The number of nitrogens with zero attached hydrogens (tertiary/aromatic N) is 1. The Bertz CT molecular complexity index is 803. The summed E-state index contributed by atoms with van der Waals surface area (Å²) in [7, 11) is 0. The van der Waals surface area contributed by atoms with E-state index >= 15 is 0 Å². The Morgan fingerprint density at radius 3 is 2.50 bits per heavy atom. The molecule has 4 rings (SSSR count). The molecule has 2 aromatic carbocycles. The van der Waals surface area contributed by atoms with Gasteiger partial charge in [0.1, 0.15) is 0 Å². The van der Waals surface area contributed by atoms with Gasteiger partial charge in [0.2, 0.25) is 11.0 Å². The van der Waals surface area contributed by atoms with Crippen molar-refractivity contribution in [2.45, 2.75) is 0 Å². The molecule has 0 N–H and O–H groups in total. The maximum Gasteiger partial charge on any atom is 0.219 e. The summed E-state index contributed by atoms with van der Waals surface area (Å²) in [5.74, 6) is 0. The zero-order valence-corrected chi connectivity index (χ0v) is 9.88. The number of aromatic nitrogens is 1. The second-order valence-electron chi connectivity index (χ2n) is 4.55. The molecule has 84 valence electrons. The van der Waals surface area contributed by atoms with Crippen LogP contribution in [0.25, 0.3) is 27.2 Å². The highest BCUT2D eigenvalue weighted by atomic mass is 14.9. The highest BCUT2D eigenvalue weighted by Crippen LogP contribution is 2.23. The summed E-state index contributed by atoms with van der Waals surface area (Å²) in [4.78, 5) is 0. The average molecular weight is 230 g/mol. The third-order valence-electron chi connectivity index (χ3n) is 3.52. The first-order chi connectivity index (χ1) is 8.93. The molecule has 18 heavy (non-hydrogen) atoms. The molecule has 1 heteroatoms. The van der Waals surface area contributed by atoms with Gasteiger partial charge < -0.3 is 0 Å². The van der Waals surface area contributed by atoms with Gasteiger partial charge in [0.05, 0.1) is 5.39 Å². The average Bonchev–Trinajstić information content (AvgIpc) is 2.46. The van der Waals surface area contributed by atoms with Crippen LogP contribution in [-0.4, -0.2) is 0 Å². The molecule has 0 saturated heterocycles. The van der Waals surface area contributed by atoms with E-state index in [1.165, 1.54) is 27.2 Å². The first-order valence-electron chi connectivity index (χ1n) is 6.14. The normalized spacial score (nSPS) is 11.3. The Hall–Kier alpha value is -2.41. The Morgan fingerprint density at radius 2 is 1.50 bits per heavy atom. The van der Waals surface area contributed by atoms with Gasteiger partial charge in [-0.15, -0.1) is 0 Å². The van der Waals surface area contributed by atoms with Crippen LogP contribution in [0.1, 0.15) is 0 Å². The number of pyridine rings is 2. The first-order valence-corrected chi connectivity index (χ1v) is 6.14. The van der Waals surface area contributed by atoms with Crippen LogP contribution in [-0.2, 0) is 0 Å². The van der Waals surface area contributed by atoms with E-state index < -0.39 is 0 Å². The van der Waals surface area contributed by atoms with E-state index in [1.807, 2.05) is 0 Å². The van der Waals surface area contributed by atoms with Gasteiger partial charge in [0.25, 0.3) is 0 Å². The smallest absolute Gasteiger partial charge is 0.160 e. The van der Waals surface area contributed by atoms with E-state index in [-0.39, 0.29) is 0 Å². The second-order valence-corrected chi connectivity index (χ2v) is 4.55. The number of fused-ring (bicyclic) bond motifs is 5. The van der Waals surface area contributed by atoms with E-state index in [0.29, 0.717) is 0 Å². The van der Waals surface area contributed by atoms with E-state index in [1.54, 1.807) is 0 Å². The lowest BCUT2D eigenvalue weighted by Crippen LogP contribution is -2.21. The van der Waals surface area contributed by atoms with Crippen LogP contribution >= 0.6 is 0 Å². The van der Waals surface area contributed by atoms with Crippen molar-refractivity contribution in [2.24, 2.45) is 0 Å². The lowest BCUT2D eigenvalue weighted by molar-refractivity contribution is -0.481. The molecule has 0 bridgehead atoms. The van der Waals surface area contributed by atoms with Crippen molar-refractivity contribution in [2.75, 3.05) is 0 Å². The van der Waals surface area contributed by atoms with Crippen LogP contribution in [0.3, 0.4) is 0 Å². The van der Waals surface area contributed by atoms with Crippen molar-refractivity contribution >= 4 is 27.2 Å². The molecular formula is C17H12N+. The highest BCUT2D eigenvalue weighted by Gasteiger charge is 2.09. The summed E-state index contributed by atoms with van der Waals surface area (Å²) >= 11 is 0. The van der Waals surface area contributed by atoms with Crippen molar-refractivity contribution < 1.29 is 4.40 Å². The van der Waals surface area contributed by atoms with E-state index in [9.17, 15) is 0 Å². The summed E-state index contributed by atoms with van der Waals surface area (Å²) < 4.78 is 2.24. The minimum atomic E-state index is 1.22. The maximum absolute atomic E-state index is 2.24. The van der Waals surface area contributed by atoms with Gasteiger partial charge in [-0.25, -0.2) is 0 Å². The fraction of sp³-hybridized carbons (Fsp3) is 0. The van der Waals surface area contributed by atoms with Crippen molar-refractivity contribution in [3.05, 3.63) is 72.9 Å². The zero-order chi connectivity index (χ0) is 11.9. The van der Waals surface area contributed by atoms with Gasteiger partial charge in [0.15, 0.2) is 6.20 Å². The summed E-state index contributed by atoms with van der Waals surface area (Å²) in [5.41, 5.74) is 2.48. The van der Waals surface area contributed by atoms with Crippen LogP contribution in [0, 0.1) is 0 Å². The molecular weight excluding hydrogens is 218 g/mol. The van der Waals surface area contributed by atoms with Crippen LogP contribution in [0.15, 0.2) is 72.9 Å². The van der Waals surface area contributed by atoms with E-state index in [4.69, 9.17) is 0 Å². The molecule has 1 nitrogen and oxygen atoms in total. The molecule has 0 radical (unpaired) electrons. The van der Waals surface area contributed by atoms with Crippen LogP contribution in [0.4, 0.5) is 0 Å². The molecule has 0 spiro atoms. The number of rotatable bonds is 0. The Morgan fingerprint density at radius 1 is 0.611 bits per heavy atom. The van der Waals surface area contributed by atoms with Crippen molar-refractivity contribution in [3.63, 3.8) is 0 Å². The van der Waals surface area contributed by atoms with Gasteiger partial charge in [0, 0.05) is 24.3 Å². The van der Waals surface area contributed by atoms with Crippen LogP contribution in [0.2, 0.25) is 0 Å². The standard InChI is InChI=1S/C17H12N/c1-2-7-15-13(5-1)8-11-17-16(15)10-9-14-6-3-4-12-18(14)17/h1-12H/q+1. The molecule has 2 aromatic heterocycles. The van der Waals surface area contributed by atoms with E-state index in [2.05, 4.69) is 77.3 Å². The lowest BCUT2D eigenvalue weighted by Gasteiger charge is -2.01. The molecule has 0 atom stereocenters. The minimum Gasteiger partial charge on any atom is -0.160 e. The molecule has 4 aromatic rings. The molecule has 0 aliphatic carbocycles. The maximum atomic E-state index is 2.24. The quantitative estimate of drug-likeness (QED) is 0.320. The number of hydrogen-bond donors (Lipinski definition) is 0.